The molecule has 1 unspecified atom stereocenters. The van der Waals surface area contributed by atoms with Crippen LogP contribution < -0.4 is 11.1 Å². The van der Waals surface area contributed by atoms with Crippen molar-refractivity contribution in [2.24, 2.45) is 12.8 Å². The normalized spacial score (nSPS) is 15.2. The first-order valence-corrected chi connectivity index (χ1v) is 11.4. The smallest absolute Gasteiger partial charge is 0.366 e. The molecule has 1 aliphatic heterocycles. The molecular formula is C25H14ClF7N4O2. The van der Waals surface area contributed by atoms with Gasteiger partial charge in [-0.1, -0.05) is 11.6 Å². The average molecular weight is 571 g/mol. The molecule has 202 valence electrons. The number of hydrogen-bond donors (Lipinski definition) is 2. The maximum atomic E-state index is 15.5. The van der Waals surface area contributed by atoms with Crippen LogP contribution in [-0.4, -0.2) is 21.6 Å². The Morgan fingerprint density at radius 2 is 1.82 bits per heavy atom. The number of aryl methyl sites for hydroxylation is 1. The number of carbonyl (C=O) groups is 2. The average Bonchev–Trinajstić information content (AvgIpc) is 3.35. The van der Waals surface area contributed by atoms with Crippen molar-refractivity contribution in [1.82, 2.24) is 15.1 Å². The minimum absolute atomic E-state index is 0.0256. The molecule has 3 N–H and O–H groups in total. The number of fused-ring (bicyclic) bond motifs is 3. The first-order chi connectivity index (χ1) is 18.2. The van der Waals surface area contributed by atoms with Gasteiger partial charge in [0.25, 0.3) is 12.3 Å². The van der Waals surface area contributed by atoms with Gasteiger partial charge in [-0.15, -0.1) is 0 Å². The number of alkyl halides is 5. The van der Waals surface area contributed by atoms with Gasteiger partial charge >= 0.3 is 6.18 Å². The molecule has 14 heteroatoms. The number of nitrogens with two attached hydrogens (primary N) is 1. The van der Waals surface area contributed by atoms with Crippen LogP contribution in [0.3, 0.4) is 0 Å². The van der Waals surface area contributed by atoms with Crippen LogP contribution in [0.1, 0.15) is 55.6 Å². The third-order valence-electron chi connectivity index (χ3n) is 6.43. The Labute approximate surface area is 219 Å². The summed E-state index contributed by atoms with van der Waals surface area (Å²) in [5, 5.41) is 6.18. The molecule has 1 atom stereocenters. The van der Waals surface area contributed by atoms with Crippen LogP contribution in [0.5, 0.6) is 0 Å². The van der Waals surface area contributed by atoms with Crippen LogP contribution in [0.15, 0.2) is 36.4 Å². The van der Waals surface area contributed by atoms with Crippen LogP contribution in [-0.2, 0) is 13.2 Å². The highest BCUT2D eigenvalue weighted by Crippen LogP contribution is 2.47. The van der Waals surface area contributed by atoms with E-state index in [1.165, 1.54) is 13.1 Å². The van der Waals surface area contributed by atoms with Gasteiger partial charge in [-0.25, -0.2) is 17.6 Å². The number of primary amides is 1. The summed E-state index contributed by atoms with van der Waals surface area (Å²) in [6.45, 7) is 0. The number of benzene rings is 3. The second-order valence-electron chi connectivity index (χ2n) is 8.73. The van der Waals surface area contributed by atoms with Crippen molar-refractivity contribution in [3.8, 4) is 11.1 Å². The summed E-state index contributed by atoms with van der Waals surface area (Å²) in [4.78, 5) is 25.5. The summed E-state index contributed by atoms with van der Waals surface area (Å²) in [5.74, 6) is -4.67. The molecule has 0 radical (unpaired) electrons. The SMILES string of the molecule is Cn1nc2c3c(c(-c4c(F)cc(C(F)(F)F)cc4C(N)=O)cc2c1C(F)F)C(c1cc(F)ccc1Cl)NC3=O. The highest BCUT2D eigenvalue weighted by Gasteiger charge is 2.40. The van der Waals surface area contributed by atoms with Crippen molar-refractivity contribution < 1.29 is 40.3 Å². The zero-order valence-corrected chi connectivity index (χ0v) is 20.2. The Morgan fingerprint density at radius 3 is 2.44 bits per heavy atom. The van der Waals surface area contributed by atoms with E-state index in [1.54, 1.807) is 0 Å². The van der Waals surface area contributed by atoms with E-state index in [-0.39, 0.29) is 38.7 Å². The summed E-state index contributed by atoms with van der Waals surface area (Å²) in [6.07, 6.45) is -8.19. The van der Waals surface area contributed by atoms with Crippen LogP contribution in [0.4, 0.5) is 30.7 Å². The molecule has 0 bridgehead atoms. The van der Waals surface area contributed by atoms with E-state index in [2.05, 4.69) is 10.4 Å². The Hall–Kier alpha value is -4.13. The Morgan fingerprint density at radius 1 is 1.13 bits per heavy atom. The third kappa shape index (κ3) is 4.17. The minimum atomic E-state index is -5.06. The second kappa shape index (κ2) is 8.97. The van der Waals surface area contributed by atoms with Crippen LogP contribution in [0.25, 0.3) is 22.0 Å². The van der Waals surface area contributed by atoms with E-state index in [0.29, 0.717) is 6.07 Å². The Kier molecular flexibility index (Phi) is 6.09. The fourth-order valence-electron chi connectivity index (χ4n) is 4.84. The lowest BCUT2D eigenvalue weighted by molar-refractivity contribution is -0.137. The maximum Gasteiger partial charge on any atom is 0.416 e. The standard InChI is InChI=1S/C25H14ClF7N4O2/c1-37-21(22(29)30)13-7-11(16-12(23(34)38)4-8(5-15(16)28)25(31,32)33)17-18(20(13)36-37)24(39)35-19(17)10-6-9(27)2-3-14(10)26/h2-7,19,22H,1H3,(H2,34,38)(H,35,39). The number of nitrogens with zero attached hydrogens (tertiary/aromatic N) is 2. The van der Waals surface area contributed by atoms with Crippen LogP contribution in [0, 0.1) is 11.6 Å². The molecule has 0 aliphatic carbocycles. The predicted octanol–water partition coefficient (Wildman–Crippen LogP) is 6.06. The van der Waals surface area contributed by atoms with Gasteiger partial charge in [-0.2, -0.15) is 18.3 Å². The summed E-state index contributed by atoms with van der Waals surface area (Å²) < 4.78 is 98.7. The molecule has 1 aliphatic rings. The molecule has 3 aromatic carbocycles. The van der Waals surface area contributed by atoms with Gasteiger partial charge < -0.3 is 11.1 Å². The van der Waals surface area contributed by atoms with Crippen molar-refractivity contribution >= 4 is 34.3 Å². The fraction of sp³-hybridized carbons (Fsp3) is 0.160. The van der Waals surface area contributed by atoms with E-state index in [4.69, 9.17) is 17.3 Å². The van der Waals surface area contributed by atoms with E-state index in [0.717, 1.165) is 22.9 Å². The van der Waals surface area contributed by atoms with Gasteiger partial charge in [0.2, 0.25) is 5.91 Å². The molecule has 6 nitrogen and oxygen atoms in total. The predicted molar refractivity (Wildman–Crippen MR) is 125 cm³/mol. The molecule has 2 amide bonds. The number of halogens is 8. The van der Waals surface area contributed by atoms with Gasteiger partial charge in [0, 0.05) is 34.1 Å². The molecule has 0 fully saturated rings. The molecule has 1 aromatic heterocycles. The monoisotopic (exact) mass is 570 g/mol. The van der Waals surface area contributed by atoms with E-state index in [9.17, 15) is 35.9 Å². The number of carbonyl (C=O) groups excluding carboxylic acids is 2. The van der Waals surface area contributed by atoms with Gasteiger partial charge in [0.1, 0.15) is 22.8 Å². The quantitative estimate of drug-likeness (QED) is 0.292. The zero-order valence-electron chi connectivity index (χ0n) is 19.4. The van der Waals surface area contributed by atoms with Gasteiger partial charge in [0.15, 0.2) is 0 Å². The lowest BCUT2D eigenvalue weighted by Crippen LogP contribution is -2.21. The maximum absolute atomic E-state index is 15.5. The molecule has 39 heavy (non-hydrogen) atoms. The summed E-state index contributed by atoms with van der Waals surface area (Å²) >= 11 is 6.25. The lowest BCUT2D eigenvalue weighted by Gasteiger charge is -2.20. The topological polar surface area (TPSA) is 90.0 Å². The second-order valence-corrected chi connectivity index (χ2v) is 9.14. The number of nitrogens with one attached hydrogen (secondary N) is 1. The van der Waals surface area contributed by atoms with Crippen molar-refractivity contribution in [1.29, 1.82) is 0 Å². The Balaban J connectivity index is 1.96. The molecule has 5 rings (SSSR count). The minimum Gasteiger partial charge on any atom is -0.366 e. The molecular weight excluding hydrogens is 557 g/mol. The zero-order chi connectivity index (χ0) is 28.5. The first kappa shape index (κ1) is 26.5. The van der Waals surface area contributed by atoms with Gasteiger partial charge in [-0.3, -0.25) is 14.3 Å². The summed E-state index contributed by atoms with van der Waals surface area (Å²) in [5.41, 5.74) is 0.275. The molecule has 4 aromatic rings. The molecule has 0 spiro atoms. The number of aromatic nitrogens is 2. The summed E-state index contributed by atoms with van der Waals surface area (Å²) in [6, 6.07) is 3.28. The highest BCUT2D eigenvalue weighted by molar-refractivity contribution is 6.31. The van der Waals surface area contributed by atoms with Crippen molar-refractivity contribution in [2.75, 3.05) is 0 Å². The van der Waals surface area contributed by atoms with Crippen LogP contribution in [0.2, 0.25) is 5.02 Å². The van der Waals surface area contributed by atoms with Gasteiger partial charge in [-0.05, 0) is 42.0 Å². The van der Waals surface area contributed by atoms with E-state index >= 15 is 4.39 Å². The summed E-state index contributed by atoms with van der Waals surface area (Å²) in [7, 11) is 1.18. The largest absolute Gasteiger partial charge is 0.416 e. The van der Waals surface area contributed by atoms with E-state index in [1.807, 2.05) is 0 Å². The van der Waals surface area contributed by atoms with Crippen molar-refractivity contribution in [3.05, 3.63) is 86.6 Å². The fourth-order valence-corrected chi connectivity index (χ4v) is 5.07. The molecule has 0 saturated carbocycles. The first-order valence-electron chi connectivity index (χ1n) is 11.0. The van der Waals surface area contributed by atoms with Crippen LogP contribution >= 0.6 is 11.6 Å². The lowest BCUT2D eigenvalue weighted by atomic mass is 9.85. The van der Waals surface area contributed by atoms with Gasteiger partial charge in [0.05, 0.1) is 22.7 Å². The molecule has 2 heterocycles. The third-order valence-corrected chi connectivity index (χ3v) is 6.78. The molecule has 0 saturated heterocycles. The number of amides is 2. The number of hydrogen-bond acceptors (Lipinski definition) is 3. The number of rotatable bonds is 4. The van der Waals surface area contributed by atoms with E-state index < -0.39 is 70.0 Å². The highest BCUT2D eigenvalue weighted by atomic mass is 35.5. The van der Waals surface area contributed by atoms with Crippen molar-refractivity contribution in [2.45, 2.75) is 18.6 Å². The van der Waals surface area contributed by atoms with Crippen molar-refractivity contribution in [3.63, 3.8) is 0 Å². The Bertz CT molecular complexity index is 1720.